The Labute approximate surface area is 215 Å². The molecule has 3 aromatic rings. The molecule has 2 aromatic carbocycles. The smallest absolute Gasteiger partial charge is 0.281 e. The maximum atomic E-state index is 12.8. The molecule has 0 aliphatic carbocycles. The summed E-state index contributed by atoms with van der Waals surface area (Å²) in [6.07, 6.45) is 3.10. The van der Waals surface area contributed by atoms with Crippen molar-refractivity contribution in [2.45, 2.75) is 30.9 Å². The number of halogens is 1. The van der Waals surface area contributed by atoms with Crippen LogP contribution in [0.2, 0.25) is 5.02 Å². The third-order valence-electron chi connectivity index (χ3n) is 4.47. The number of imide groups is 1. The van der Waals surface area contributed by atoms with Gasteiger partial charge < -0.3 is 4.72 Å². The minimum absolute atomic E-state index is 0.265. The van der Waals surface area contributed by atoms with E-state index in [-0.39, 0.29) is 5.95 Å². The molecular weight excluding hydrogens is 508 g/mol. The molecule has 2 atom stereocenters. The van der Waals surface area contributed by atoms with Crippen LogP contribution in [0.1, 0.15) is 31.1 Å². The Kier molecular flexibility index (Phi) is 9.35. The van der Waals surface area contributed by atoms with E-state index in [0.717, 1.165) is 17.0 Å². The minimum atomic E-state index is -1.53. The summed E-state index contributed by atoms with van der Waals surface area (Å²) in [5.74, 6) is -0.684. The number of hydrazone groups is 1. The number of nitrogens with one attached hydrogen (secondary N) is 2. The quantitative estimate of drug-likeness (QED) is 0.333. The number of nitrogens with zero attached hydrogens (tertiary/aromatic N) is 4. The molecule has 9 nitrogen and oxygen atoms in total. The number of anilines is 2. The molecule has 0 fully saturated rings. The van der Waals surface area contributed by atoms with Gasteiger partial charge in [0.15, 0.2) is 11.0 Å². The SMILES string of the molecule is CC.CC1=NN(C(=O)c2ccc(Cl)cc2)C(=O)C1SNc1ccc(S(=O)Nc2ncccn2)cc1. The van der Waals surface area contributed by atoms with E-state index in [2.05, 4.69) is 24.5 Å². The summed E-state index contributed by atoms with van der Waals surface area (Å²) < 4.78 is 18.2. The van der Waals surface area contributed by atoms with Gasteiger partial charge in [-0.25, -0.2) is 14.2 Å². The van der Waals surface area contributed by atoms with E-state index in [1.165, 1.54) is 0 Å². The van der Waals surface area contributed by atoms with Crippen LogP contribution < -0.4 is 9.44 Å². The van der Waals surface area contributed by atoms with E-state index in [4.69, 9.17) is 11.6 Å². The summed E-state index contributed by atoms with van der Waals surface area (Å²) >= 11 is 6.99. The van der Waals surface area contributed by atoms with Gasteiger partial charge in [-0.2, -0.15) is 10.1 Å². The zero-order valence-electron chi connectivity index (χ0n) is 19.1. The molecule has 1 aromatic heterocycles. The number of hydrogen-bond acceptors (Lipinski definition) is 8. The van der Waals surface area contributed by atoms with E-state index in [1.54, 1.807) is 73.9 Å². The molecule has 2 heterocycles. The molecule has 0 saturated heterocycles. The largest absolute Gasteiger partial charge is 0.329 e. The van der Waals surface area contributed by atoms with Crippen LogP contribution in [-0.2, 0) is 15.8 Å². The van der Waals surface area contributed by atoms with E-state index < -0.39 is 28.0 Å². The molecular formula is C23H23ClN6O3S2. The fourth-order valence-electron chi connectivity index (χ4n) is 2.81. The van der Waals surface area contributed by atoms with Crippen LogP contribution in [0.25, 0.3) is 0 Å². The van der Waals surface area contributed by atoms with Crippen LogP contribution in [0.4, 0.5) is 11.6 Å². The van der Waals surface area contributed by atoms with Gasteiger partial charge in [0.1, 0.15) is 5.25 Å². The Bertz CT molecular complexity index is 1220. The summed E-state index contributed by atoms with van der Waals surface area (Å²) in [5, 5.41) is 4.85. The lowest BCUT2D eigenvalue weighted by Crippen LogP contribution is -2.34. The third-order valence-corrected chi connectivity index (χ3v) is 6.92. The summed E-state index contributed by atoms with van der Waals surface area (Å²) in [6.45, 7) is 5.69. The van der Waals surface area contributed by atoms with E-state index in [9.17, 15) is 13.8 Å². The molecule has 12 heteroatoms. The first-order valence-electron chi connectivity index (χ1n) is 10.6. The van der Waals surface area contributed by atoms with Crippen LogP contribution in [0.15, 0.2) is 77.0 Å². The number of rotatable bonds is 7. The van der Waals surface area contributed by atoms with Crippen molar-refractivity contribution in [3.05, 3.63) is 77.6 Å². The summed E-state index contributed by atoms with van der Waals surface area (Å²) in [4.78, 5) is 33.9. The van der Waals surface area contributed by atoms with Crippen molar-refractivity contribution in [1.29, 1.82) is 0 Å². The highest BCUT2D eigenvalue weighted by Gasteiger charge is 2.38. The van der Waals surface area contributed by atoms with Crippen molar-refractivity contribution in [2.75, 3.05) is 9.44 Å². The number of hydrogen-bond donors (Lipinski definition) is 2. The van der Waals surface area contributed by atoms with Crippen molar-refractivity contribution < 1.29 is 13.8 Å². The minimum Gasteiger partial charge on any atom is -0.329 e. The maximum absolute atomic E-state index is 12.8. The number of amides is 2. The molecule has 0 spiro atoms. The Morgan fingerprint density at radius 2 is 1.69 bits per heavy atom. The van der Waals surface area contributed by atoms with Gasteiger partial charge in [-0.3, -0.25) is 14.3 Å². The molecule has 0 bridgehead atoms. The standard InChI is InChI=1S/C21H17ClN6O3S2.C2H6/c1-13-18(20(30)28(25-13)19(29)14-3-5-15(22)6-4-14)32-26-16-7-9-17(10-8-16)33(31)27-21-23-11-2-12-24-21;1-2/h2-12,18,26H,1H3,(H,23,24,27);1-2H3. The van der Waals surface area contributed by atoms with Crippen molar-refractivity contribution in [3.63, 3.8) is 0 Å². The lowest BCUT2D eigenvalue weighted by atomic mass is 10.2. The zero-order valence-corrected chi connectivity index (χ0v) is 21.5. The molecule has 1 aliphatic rings. The van der Waals surface area contributed by atoms with Crippen molar-refractivity contribution in [2.24, 2.45) is 5.10 Å². The van der Waals surface area contributed by atoms with Gasteiger partial charge in [-0.1, -0.05) is 25.4 Å². The maximum Gasteiger partial charge on any atom is 0.281 e. The van der Waals surface area contributed by atoms with Crippen LogP contribution in [0.3, 0.4) is 0 Å². The summed E-state index contributed by atoms with van der Waals surface area (Å²) in [5.41, 5.74) is 1.52. The first-order chi connectivity index (χ1) is 16.9. The fraction of sp³-hybridized carbons (Fsp3) is 0.174. The lowest BCUT2D eigenvalue weighted by molar-refractivity contribution is -0.125. The van der Waals surface area contributed by atoms with Crippen LogP contribution in [0, 0.1) is 0 Å². The van der Waals surface area contributed by atoms with Crippen molar-refractivity contribution in [3.8, 4) is 0 Å². The number of carbonyl (C=O) groups is 2. The molecule has 0 radical (unpaired) electrons. The molecule has 2 amide bonds. The van der Waals surface area contributed by atoms with Crippen LogP contribution in [-0.4, -0.2) is 42.0 Å². The van der Waals surface area contributed by atoms with Gasteiger partial charge >= 0.3 is 0 Å². The highest BCUT2D eigenvalue weighted by Crippen LogP contribution is 2.26. The molecule has 0 saturated carbocycles. The number of benzene rings is 2. The Morgan fingerprint density at radius 3 is 2.31 bits per heavy atom. The highest BCUT2D eigenvalue weighted by molar-refractivity contribution is 8.02. The van der Waals surface area contributed by atoms with Crippen LogP contribution in [0.5, 0.6) is 0 Å². The van der Waals surface area contributed by atoms with E-state index in [1.807, 2.05) is 13.8 Å². The van der Waals surface area contributed by atoms with Crippen molar-refractivity contribution in [1.82, 2.24) is 15.0 Å². The predicted molar refractivity (Wildman–Crippen MR) is 141 cm³/mol. The first-order valence-corrected chi connectivity index (χ1v) is 13.0. The second kappa shape index (κ2) is 12.4. The van der Waals surface area contributed by atoms with Gasteiger partial charge in [0.2, 0.25) is 5.95 Å². The highest BCUT2D eigenvalue weighted by atomic mass is 35.5. The van der Waals surface area contributed by atoms with Gasteiger partial charge in [0.25, 0.3) is 11.8 Å². The first kappa shape index (κ1) is 26.3. The Morgan fingerprint density at radius 1 is 1.06 bits per heavy atom. The third kappa shape index (κ3) is 6.65. The Hall–Kier alpha value is -3.28. The van der Waals surface area contributed by atoms with Gasteiger partial charge in [-0.05, 0) is 73.5 Å². The van der Waals surface area contributed by atoms with E-state index >= 15 is 0 Å². The second-order valence-electron chi connectivity index (χ2n) is 6.77. The number of carbonyl (C=O) groups excluding carboxylic acids is 2. The van der Waals surface area contributed by atoms with Gasteiger partial charge in [-0.15, -0.1) is 0 Å². The average molecular weight is 531 g/mol. The topological polar surface area (TPSA) is 117 Å². The second-order valence-corrected chi connectivity index (χ2v) is 9.33. The van der Waals surface area contributed by atoms with Gasteiger partial charge in [0, 0.05) is 28.7 Å². The molecule has 182 valence electrons. The summed E-state index contributed by atoms with van der Waals surface area (Å²) in [7, 11) is -1.53. The molecule has 35 heavy (non-hydrogen) atoms. The molecule has 4 rings (SSSR count). The number of aromatic nitrogens is 2. The summed E-state index contributed by atoms with van der Waals surface area (Å²) in [6, 6.07) is 14.8. The van der Waals surface area contributed by atoms with E-state index in [0.29, 0.717) is 26.9 Å². The average Bonchev–Trinajstić information content (AvgIpc) is 3.17. The molecule has 2 N–H and O–H groups in total. The molecule has 1 aliphatic heterocycles. The van der Waals surface area contributed by atoms with Gasteiger partial charge in [0.05, 0.1) is 10.6 Å². The predicted octanol–water partition coefficient (Wildman–Crippen LogP) is 4.78. The lowest BCUT2D eigenvalue weighted by Gasteiger charge is -2.14. The zero-order chi connectivity index (χ0) is 25.4. The molecule has 2 unspecified atom stereocenters. The van der Waals surface area contributed by atoms with Crippen molar-refractivity contribution >= 4 is 63.7 Å². The Balaban J connectivity index is 0.00000167. The van der Waals surface area contributed by atoms with Crippen LogP contribution >= 0.6 is 23.5 Å². The normalized spacial score (nSPS) is 15.5. The fourth-order valence-corrected chi connectivity index (χ4v) is 4.52. The monoisotopic (exact) mass is 530 g/mol.